The van der Waals surface area contributed by atoms with Gasteiger partial charge in [-0.25, -0.2) is 13.2 Å². The SMILES string of the molecule is O=C(O)C(Cc1cccc(F)c1F)c1ccccc1F. The minimum atomic E-state index is -1.29. The van der Waals surface area contributed by atoms with Crippen molar-refractivity contribution in [2.24, 2.45) is 0 Å². The monoisotopic (exact) mass is 280 g/mol. The zero-order valence-electron chi connectivity index (χ0n) is 10.3. The summed E-state index contributed by atoms with van der Waals surface area (Å²) in [5.41, 5.74) is -0.149. The summed E-state index contributed by atoms with van der Waals surface area (Å²) in [6.07, 6.45) is -0.320. The first-order chi connectivity index (χ1) is 9.50. The summed E-state index contributed by atoms with van der Waals surface area (Å²) in [6.45, 7) is 0. The average Bonchev–Trinajstić information content (AvgIpc) is 2.41. The quantitative estimate of drug-likeness (QED) is 0.930. The molecule has 1 atom stereocenters. The van der Waals surface area contributed by atoms with Crippen LogP contribution >= 0.6 is 0 Å². The molecular formula is C15H11F3O2. The summed E-state index contributed by atoms with van der Waals surface area (Å²) < 4.78 is 40.3. The highest BCUT2D eigenvalue weighted by Crippen LogP contribution is 2.25. The molecule has 0 bridgehead atoms. The van der Waals surface area contributed by atoms with Crippen LogP contribution in [0.15, 0.2) is 42.5 Å². The van der Waals surface area contributed by atoms with Crippen molar-refractivity contribution in [3.05, 3.63) is 71.0 Å². The van der Waals surface area contributed by atoms with E-state index < -0.39 is 29.3 Å². The van der Waals surface area contributed by atoms with Crippen LogP contribution in [0.3, 0.4) is 0 Å². The maximum absolute atomic E-state index is 13.7. The van der Waals surface area contributed by atoms with Gasteiger partial charge in [0.05, 0.1) is 5.92 Å². The van der Waals surface area contributed by atoms with E-state index in [0.717, 1.165) is 12.1 Å². The first-order valence-electron chi connectivity index (χ1n) is 5.91. The normalized spacial score (nSPS) is 12.2. The zero-order valence-corrected chi connectivity index (χ0v) is 10.3. The Morgan fingerprint density at radius 3 is 2.30 bits per heavy atom. The lowest BCUT2D eigenvalue weighted by molar-refractivity contribution is -0.138. The predicted octanol–water partition coefficient (Wildman–Crippen LogP) is 3.51. The molecule has 2 rings (SSSR count). The lowest BCUT2D eigenvalue weighted by Gasteiger charge is -2.14. The second-order valence-electron chi connectivity index (χ2n) is 4.33. The van der Waals surface area contributed by atoms with Crippen LogP contribution in [0.5, 0.6) is 0 Å². The molecule has 0 spiro atoms. The van der Waals surface area contributed by atoms with Crippen molar-refractivity contribution in [1.29, 1.82) is 0 Å². The molecule has 0 fully saturated rings. The molecule has 0 saturated carbocycles. The number of rotatable bonds is 4. The molecule has 0 aliphatic heterocycles. The fourth-order valence-corrected chi connectivity index (χ4v) is 2.01. The predicted molar refractivity (Wildman–Crippen MR) is 66.8 cm³/mol. The molecule has 2 nitrogen and oxygen atoms in total. The Kier molecular flexibility index (Phi) is 4.08. The van der Waals surface area contributed by atoms with E-state index in [-0.39, 0.29) is 17.5 Å². The van der Waals surface area contributed by atoms with E-state index in [1.807, 2.05) is 0 Å². The molecule has 0 amide bonds. The molecular weight excluding hydrogens is 269 g/mol. The maximum Gasteiger partial charge on any atom is 0.311 e. The van der Waals surface area contributed by atoms with Gasteiger partial charge in [-0.15, -0.1) is 0 Å². The number of carboxylic acids is 1. The van der Waals surface area contributed by atoms with E-state index in [2.05, 4.69) is 0 Å². The average molecular weight is 280 g/mol. The third-order valence-corrected chi connectivity index (χ3v) is 3.03. The summed E-state index contributed by atoms with van der Waals surface area (Å²) in [4.78, 5) is 11.3. The third-order valence-electron chi connectivity index (χ3n) is 3.03. The third kappa shape index (κ3) is 2.82. The summed E-state index contributed by atoms with van der Waals surface area (Å²) in [6, 6.07) is 8.90. The number of aliphatic carboxylic acids is 1. The van der Waals surface area contributed by atoms with E-state index in [0.29, 0.717) is 0 Å². The Balaban J connectivity index is 2.39. The van der Waals surface area contributed by atoms with Crippen molar-refractivity contribution in [2.75, 3.05) is 0 Å². The van der Waals surface area contributed by atoms with Gasteiger partial charge in [0.2, 0.25) is 0 Å². The summed E-state index contributed by atoms with van der Waals surface area (Å²) in [5, 5.41) is 9.19. The second-order valence-corrected chi connectivity index (χ2v) is 4.33. The fraction of sp³-hybridized carbons (Fsp3) is 0.133. The molecule has 0 aliphatic rings. The van der Waals surface area contributed by atoms with Crippen LogP contribution in [0, 0.1) is 17.5 Å². The van der Waals surface area contributed by atoms with E-state index >= 15 is 0 Å². The van der Waals surface area contributed by atoms with Gasteiger partial charge in [-0.05, 0) is 24.1 Å². The van der Waals surface area contributed by atoms with Crippen molar-refractivity contribution in [3.63, 3.8) is 0 Å². The van der Waals surface area contributed by atoms with Crippen LogP contribution in [-0.4, -0.2) is 11.1 Å². The highest BCUT2D eigenvalue weighted by atomic mass is 19.2. The molecule has 2 aromatic rings. The Labute approximate surface area is 113 Å². The van der Waals surface area contributed by atoms with Crippen LogP contribution in [0.1, 0.15) is 17.0 Å². The molecule has 20 heavy (non-hydrogen) atoms. The molecule has 0 aliphatic carbocycles. The number of hydrogen-bond acceptors (Lipinski definition) is 1. The smallest absolute Gasteiger partial charge is 0.311 e. The minimum absolute atomic E-state index is 0.0522. The van der Waals surface area contributed by atoms with Gasteiger partial charge in [-0.2, -0.15) is 0 Å². The first kappa shape index (κ1) is 14.1. The van der Waals surface area contributed by atoms with Gasteiger partial charge < -0.3 is 5.11 Å². The Morgan fingerprint density at radius 1 is 1.00 bits per heavy atom. The molecule has 0 aromatic heterocycles. The first-order valence-corrected chi connectivity index (χ1v) is 5.91. The summed E-state index contributed by atoms with van der Waals surface area (Å²) in [5.74, 6) is -5.40. The van der Waals surface area contributed by atoms with E-state index in [9.17, 15) is 23.1 Å². The summed E-state index contributed by atoms with van der Waals surface area (Å²) >= 11 is 0. The van der Waals surface area contributed by atoms with Crippen LogP contribution in [0.4, 0.5) is 13.2 Å². The molecule has 5 heteroatoms. The number of hydrogen-bond donors (Lipinski definition) is 1. The molecule has 2 aromatic carbocycles. The standard InChI is InChI=1S/C15H11F3O2/c16-12-6-2-1-5-10(12)11(15(19)20)8-9-4-3-7-13(17)14(9)18/h1-7,11H,8H2,(H,19,20). The van der Waals surface area contributed by atoms with Gasteiger partial charge in [0, 0.05) is 5.56 Å². The van der Waals surface area contributed by atoms with Crippen molar-refractivity contribution < 1.29 is 23.1 Å². The van der Waals surface area contributed by atoms with E-state index in [4.69, 9.17) is 0 Å². The molecule has 0 saturated heterocycles. The van der Waals surface area contributed by atoms with Gasteiger partial charge in [0.1, 0.15) is 5.82 Å². The minimum Gasteiger partial charge on any atom is -0.481 e. The summed E-state index contributed by atoms with van der Waals surface area (Å²) in [7, 11) is 0. The largest absolute Gasteiger partial charge is 0.481 e. The van der Waals surface area contributed by atoms with Crippen LogP contribution in [0.25, 0.3) is 0 Å². The van der Waals surface area contributed by atoms with Crippen LogP contribution < -0.4 is 0 Å². The number of halogens is 3. The van der Waals surface area contributed by atoms with Gasteiger partial charge in [-0.3, -0.25) is 4.79 Å². The van der Waals surface area contributed by atoms with Crippen molar-refractivity contribution in [3.8, 4) is 0 Å². The Hall–Kier alpha value is -2.30. The van der Waals surface area contributed by atoms with Gasteiger partial charge in [0.25, 0.3) is 0 Å². The van der Waals surface area contributed by atoms with Gasteiger partial charge >= 0.3 is 5.97 Å². The Morgan fingerprint density at radius 2 is 1.65 bits per heavy atom. The maximum atomic E-state index is 13.7. The van der Waals surface area contributed by atoms with Crippen molar-refractivity contribution in [1.82, 2.24) is 0 Å². The molecule has 0 heterocycles. The van der Waals surface area contributed by atoms with Gasteiger partial charge in [0.15, 0.2) is 11.6 Å². The topological polar surface area (TPSA) is 37.3 Å². The Bertz CT molecular complexity index is 641. The molecule has 0 radical (unpaired) electrons. The van der Waals surface area contributed by atoms with Crippen molar-refractivity contribution in [2.45, 2.75) is 12.3 Å². The highest BCUT2D eigenvalue weighted by molar-refractivity contribution is 5.76. The lowest BCUT2D eigenvalue weighted by Crippen LogP contribution is -2.16. The number of carbonyl (C=O) groups is 1. The number of benzene rings is 2. The lowest BCUT2D eigenvalue weighted by atomic mass is 9.91. The molecule has 104 valence electrons. The molecule has 1 unspecified atom stereocenters. The number of carboxylic acid groups (broad SMARTS) is 1. The van der Waals surface area contributed by atoms with E-state index in [1.165, 1.54) is 30.3 Å². The van der Waals surface area contributed by atoms with Crippen LogP contribution in [-0.2, 0) is 11.2 Å². The highest BCUT2D eigenvalue weighted by Gasteiger charge is 2.25. The van der Waals surface area contributed by atoms with E-state index in [1.54, 1.807) is 0 Å². The van der Waals surface area contributed by atoms with Gasteiger partial charge in [-0.1, -0.05) is 30.3 Å². The van der Waals surface area contributed by atoms with Crippen molar-refractivity contribution >= 4 is 5.97 Å². The molecule has 1 N–H and O–H groups in total. The van der Waals surface area contributed by atoms with Crippen LogP contribution in [0.2, 0.25) is 0 Å². The second kappa shape index (κ2) is 5.77. The fourth-order valence-electron chi connectivity index (χ4n) is 2.01. The zero-order chi connectivity index (χ0) is 14.7.